The number of carbonyl (C=O) groups excluding carboxylic acids is 2. The summed E-state index contributed by atoms with van der Waals surface area (Å²) in [6, 6.07) is 19.6. The zero-order chi connectivity index (χ0) is 23.3. The summed E-state index contributed by atoms with van der Waals surface area (Å²) in [6.45, 7) is 3.22. The third kappa shape index (κ3) is 4.97. The molecule has 0 saturated carbocycles. The number of ether oxygens (including phenoxy) is 1. The number of hydrogen-bond donors (Lipinski definition) is 1. The lowest BCUT2D eigenvalue weighted by Gasteiger charge is -2.26. The summed E-state index contributed by atoms with van der Waals surface area (Å²) in [5, 5.41) is 2.63. The Kier molecular flexibility index (Phi) is 6.95. The average Bonchev–Trinajstić information content (AvgIpc) is 2.78. The summed E-state index contributed by atoms with van der Waals surface area (Å²) < 4.78 is 32.7. The van der Waals surface area contributed by atoms with Crippen molar-refractivity contribution in [3.8, 4) is 0 Å². The van der Waals surface area contributed by atoms with Gasteiger partial charge in [-0.3, -0.25) is 9.10 Å². The van der Waals surface area contributed by atoms with Crippen molar-refractivity contribution in [2.75, 3.05) is 23.3 Å². The fourth-order valence-corrected chi connectivity index (χ4v) is 4.81. The van der Waals surface area contributed by atoms with Gasteiger partial charge in [-0.2, -0.15) is 0 Å². The first kappa shape index (κ1) is 23.0. The van der Waals surface area contributed by atoms with E-state index in [0.29, 0.717) is 11.3 Å². The third-order valence-corrected chi connectivity index (χ3v) is 6.62. The number of para-hydroxylation sites is 1. The van der Waals surface area contributed by atoms with E-state index in [1.165, 1.54) is 25.3 Å². The summed E-state index contributed by atoms with van der Waals surface area (Å²) in [7, 11) is -2.78. The fourth-order valence-electron chi connectivity index (χ4n) is 3.30. The number of rotatable bonds is 7. The number of esters is 1. The monoisotopic (exact) mass is 452 g/mol. The molecule has 32 heavy (non-hydrogen) atoms. The second-order valence-electron chi connectivity index (χ2n) is 7.20. The van der Waals surface area contributed by atoms with Crippen molar-refractivity contribution in [3.63, 3.8) is 0 Å². The topological polar surface area (TPSA) is 92.8 Å². The van der Waals surface area contributed by atoms with Crippen LogP contribution in [0.3, 0.4) is 0 Å². The van der Waals surface area contributed by atoms with Crippen LogP contribution >= 0.6 is 0 Å². The normalized spacial score (nSPS) is 11.0. The summed E-state index contributed by atoms with van der Waals surface area (Å²) in [5.74, 6) is -1.20. The van der Waals surface area contributed by atoms with Crippen molar-refractivity contribution in [1.82, 2.24) is 0 Å². The summed E-state index contributed by atoms with van der Waals surface area (Å²) in [5.41, 5.74) is 2.50. The van der Waals surface area contributed by atoms with Crippen molar-refractivity contribution >= 4 is 33.3 Å². The molecule has 1 amide bonds. The lowest BCUT2D eigenvalue weighted by molar-refractivity contribution is -0.114. The summed E-state index contributed by atoms with van der Waals surface area (Å²) in [6.07, 6.45) is 0. The van der Waals surface area contributed by atoms with Crippen molar-refractivity contribution in [2.45, 2.75) is 18.7 Å². The first-order valence-electron chi connectivity index (χ1n) is 9.86. The van der Waals surface area contributed by atoms with Crippen LogP contribution < -0.4 is 9.62 Å². The van der Waals surface area contributed by atoms with Crippen molar-refractivity contribution in [3.05, 3.63) is 89.5 Å². The minimum Gasteiger partial charge on any atom is -0.465 e. The highest BCUT2D eigenvalue weighted by molar-refractivity contribution is 7.92. The minimum atomic E-state index is -4.03. The molecule has 0 aromatic heterocycles. The molecule has 0 aliphatic carbocycles. The standard InChI is InChI=1S/C24H24N2O5S/c1-17-13-14-22(18(2)15-17)26(32(29,30)19-9-5-4-6-10-19)16-23(27)25-21-12-8-7-11-20(21)24(28)31-3/h4-15H,16H2,1-3H3,(H,25,27). The number of sulfonamides is 1. The molecule has 0 aliphatic heterocycles. The van der Waals surface area contributed by atoms with Crippen LogP contribution in [0.25, 0.3) is 0 Å². The highest BCUT2D eigenvalue weighted by atomic mass is 32.2. The van der Waals surface area contributed by atoms with Crippen LogP contribution in [0.4, 0.5) is 11.4 Å². The van der Waals surface area contributed by atoms with Crippen molar-refractivity contribution in [1.29, 1.82) is 0 Å². The molecule has 0 unspecified atom stereocenters. The molecule has 166 valence electrons. The highest BCUT2D eigenvalue weighted by Crippen LogP contribution is 2.28. The van der Waals surface area contributed by atoms with E-state index in [-0.39, 0.29) is 16.1 Å². The molecule has 3 aromatic carbocycles. The molecule has 0 aliphatic rings. The average molecular weight is 453 g/mol. The number of nitrogens with zero attached hydrogens (tertiary/aromatic N) is 1. The fraction of sp³-hybridized carbons (Fsp3) is 0.167. The maximum atomic E-state index is 13.5. The zero-order valence-corrected chi connectivity index (χ0v) is 18.8. The molecule has 0 radical (unpaired) electrons. The second kappa shape index (κ2) is 9.65. The number of nitrogens with one attached hydrogen (secondary N) is 1. The molecule has 0 bridgehead atoms. The van der Waals surface area contributed by atoms with Gasteiger partial charge < -0.3 is 10.1 Å². The first-order chi connectivity index (χ1) is 15.2. The van der Waals surface area contributed by atoms with Gasteiger partial charge in [-0.05, 0) is 49.7 Å². The SMILES string of the molecule is COC(=O)c1ccccc1NC(=O)CN(c1ccc(C)cc1C)S(=O)(=O)c1ccccc1. The Morgan fingerprint density at radius 3 is 2.25 bits per heavy atom. The van der Waals surface area contributed by atoms with Crippen LogP contribution in [0.1, 0.15) is 21.5 Å². The number of hydrogen-bond acceptors (Lipinski definition) is 5. The Hall–Kier alpha value is -3.65. The largest absolute Gasteiger partial charge is 0.465 e. The van der Waals surface area contributed by atoms with Gasteiger partial charge in [0.05, 0.1) is 28.9 Å². The van der Waals surface area contributed by atoms with Gasteiger partial charge in [0.1, 0.15) is 6.54 Å². The highest BCUT2D eigenvalue weighted by Gasteiger charge is 2.28. The quantitative estimate of drug-likeness (QED) is 0.549. The van der Waals surface area contributed by atoms with Crippen LogP contribution in [0.5, 0.6) is 0 Å². The lowest BCUT2D eigenvalue weighted by Crippen LogP contribution is -2.38. The molecular formula is C24H24N2O5S. The predicted octanol–water partition coefficient (Wildman–Crippen LogP) is 3.92. The van der Waals surface area contributed by atoms with Crippen LogP contribution in [0.15, 0.2) is 77.7 Å². The van der Waals surface area contributed by atoms with E-state index in [1.807, 2.05) is 13.0 Å². The molecule has 7 nitrogen and oxygen atoms in total. The number of carbonyl (C=O) groups is 2. The molecule has 0 atom stereocenters. The van der Waals surface area contributed by atoms with Crippen molar-refractivity contribution < 1.29 is 22.7 Å². The Morgan fingerprint density at radius 2 is 1.59 bits per heavy atom. The van der Waals surface area contributed by atoms with Gasteiger partial charge in [-0.15, -0.1) is 0 Å². The smallest absolute Gasteiger partial charge is 0.339 e. The van der Waals surface area contributed by atoms with Gasteiger partial charge in [0.2, 0.25) is 5.91 Å². The Bertz CT molecular complexity index is 1240. The van der Waals surface area contributed by atoms with E-state index in [0.717, 1.165) is 9.87 Å². The van der Waals surface area contributed by atoms with Gasteiger partial charge in [0.15, 0.2) is 0 Å². The van der Waals surface area contributed by atoms with Crippen LogP contribution in [0.2, 0.25) is 0 Å². The van der Waals surface area contributed by atoms with E-state index >= 15 is 0 Å². The molecule has 0 spiro atoms. The van der Waals surface area contributed by atoms with Gasteiger partial charge in [0, 0.05) is 0 Å². The van der Waals surface area contributed by atoms with E-state index in [2.05, 4.69) is 5.32 Å². The Morgan fingerprint density at radius 1 is 0.938 bits per heavy atom. The lowest BCUT2D eigenvalue weighted by atomic mass is 10.1. The Labute approximate surface area is 187 Å². The number of anilines is 2. The van der Waals surface area contributed by atoms with Crippen molar-refractivity contribution in [2.24, 2.45) is 0 Å². The van der Waals surface area contributed by atoms with E-state index in [9.17, 15) is 18.0 Å². The molecule has 8 heteroatoms. The zero-order valence-electron chi connectivity index (χ0n) is 18.0. The maximum Gasteiger partial charge on any atom is 0.339 e. The third-order valence-electron chi connectivity index (χ3n) is 4.85. The van der Waals surface area contributed by atoms with Crippen LogP contribution in [-0.4, -0.2) is 33.9 Å². The molecular weight excluding hydrogens is 428 g/mol. The maximum absolute atomic E-state index is 13.5. The van der Waals surface area contributed by atoms with Gasteiger partial charge in [0.25, 0.3) is 10.0 Å². The number of benzene rings is 3. The number of amides is 1. The molecule has 0 saturated heterocycles. The summed E-state index contributed by atoms with van der Waals surface area (Å²) >= 11 is 0. The molecule has 3 rings (SSSR count). The number of aryl methyl sites for hydroxylation is 2. The second-order valence-corrected chi connectivity index (χ2v) is 9.06. The van der Waals surface area contributed by atoms with Gasteiger partial charge in [-0.25, -0.2) is 13.2 Å². The first-order valence-corrected chi connectivity index (χ1v) is 11.3. The number of methoxy groups -OCH3 is 1. The van der Waals surface area contributed by atoms with Gasteiger partial charge >= 0.3 is 5.97 Å². The van der Waals surface area contributed by atoms with E-state index in [4.69, 9.17) is 4.74 Å². The molecule has 0 fully saturated rings. The summed E-state index contributed by atoms with van der Waals surface area (Å²) in [4.78, 5) is 25.0. The minimum absolute atomic E-state index is 0.0720. The van der Waals surface area contributed by atoms with Gasteiger partial charge in [-0.1, -0.05) is 48.0 Å². The van der Waals surface area contributed by atoms with Crippen LogP contribution in [0, 0.1) is 13.8 Å². The van der Waals surface area contributed by atoms with E-state index < -0.39 is 28.4 Å². The van der Waals surface area contributed by atoms with E-state index in [1.54, 1.807) is 55.5 Å². The Balaban J connectivity index is 1.99. The molecule has 3 aromatic rings. The van der Waals surface area contributed by atoms with Crippen LogP contribution in [-0.2, 0) is 19.6 Å². The molecule has 0 heterocycles. The molecule has 1 N–H and O–H groups in total. The predicted molar refractivity (Wildman–Crippen MR) is 123 cm³/mol.